The number of likely N-dealkylation sites (N-methyl/N-ethyl adjacent to an activating group) is 1. The van der Waals surface area contributed by atoms with E-state index in [1.54, 1.807) is 6.20 Å². The van der Waals surface area contributed by atoms with Gasteiger partial charge in [0.15, 0.2) is 0 Å². The summed E-state index contributed by atoms with van der Waals surface area (Å²) in [6.07, 6.45) is 5.61. The second-order valence-corrected chi connectivity index (χ2v) is 11.4. The molecule has 2 atom stereocenters. The van der Waals surface area contributed by atoms with Crippen molar-refractivity contribution in [2.24, 2.45) is 5.92 Å². The van der Waals surface area contributed by atoms with Crippen LogP contribution in [0.1, 0.15) is 24.0 Å². The number of pyridine rings is 1. The van der Waals surface area contributed by atoms with Crippen LogP contribution < -0.4 is 10.1 Å². The second kappa shape index (κ2) is 8.89. The molecule has 1 aromatic carbocycles. The Morgan fingerprint density at radius 3 is 2.97 bits per heavy atom. The van der Waals surface area contributed by atoms with Crippen molar-refractivity contribution in [3.05, 3.63) is 41.6 Å². The molecule has 35 heavy (non-hydrogen) atoms. The predicted molar refractivity (Wildman–Crippen MR) is 131 cm³/mol. The van der Waals surface area contributed by atoms with Crippen molar-refractivity contribution >= 4 is 21.7 Å². The van der Waals surface area contributed by atoms with Gasteiger partial charge in [-0.1, -0.05) is 12.1 Å². The van der Waals surface area contributed by atoms with E-state index in [1.165, 1.54) is 15.4 Å². The maximum absolute atomic E-state index is 13.3. The number of benzene rings is 1. The molecule has 1 aliphatic carbocycles. The molecule has 3 aromatic rings. The molecule has 11 heteroatoms. The highest BCUT2D eigenvalue weighted by atomic mass is 32.2. The van der Waals surface area contributed by atoms with Crippen LogP contribution in [0.4, 0.5) is 11.6 Å². The van der Waals surface area contributed by atoms with Gasteiger partial charge in [-0.25, -0.2) is 18.5 Å². The van der Waals surface area contributed by atoms with Crippen molar-refractivity contribution in [2.45, 2.75) is 30.8 Å². The number of nitrogens with zero attached hydrogens (tertiary/aromatic N) is 5. The smallest absolute Gasteiger partial charge is 0.278 e. The molecule has 1 unspecified atom stereocenters. The zero-order valence-corrected chi connectivity index (χ0v) is 20.5. The van der Waals surface area contributed by atoms with Crippen molar-refractivity contribution in [2.75, 3.05) is 45.2 Å². The molecule has 2 aromatic heterocycles. The van der Waals surface area contributed by atoms with Crippen LogP contribution in [0.25, 0.3) is 11.1 Å². The van der Waals surface area contributed by atoms with Gasteiger partial charge in [0.25, 0.3) is 15.2 Å². The van der Waals surface area contributed by atoms with Gasteiger partial charge in [0, 0.05) is 44.0 Å². The molecule has 0 saturated carbocycles. The van der Waals surface area contributed by atoms with Crippen LogP contribution in [0.2, 0.25) is 0 Å². The average molecular weight is 496 g/mol. The number of H-pyrrole nitrogens is 1. The molecule has 0 radical (unpaired) electrons. The van der Waals surface area contributed by atoms with E-state index in [4.69, 9.17) is 4.74 Å². The summed E-state index contributed by atoms with van der Waals surface area (Å²) in [6.45, 7) is 2.98. The van der Waals surface area contributed by atoms with Crippen LogP contribution in [-0.4, -0.2) is 77.6 Å². The molecule has 1 saturated heterocycles. The highest BCUT2D eigenvalue weighted by Crippen LogP contribution is 2.39. The first kappa shape index (κ1) is 22.4. The van der Waals surface area contributed by atoms with E-state index in [1.807, 2.05) is 19.2 Å². The van der Waals surface area contributed by atoms with E-state index in [0.717, 1.165) is 55.6 Å². The number of fused-ring (bicyclic) bond motifs is 10. The monoisotopic (exact) mass is 495 g/mol. The molecule has 2 N–H and O–H groups in total. The van der Waals surface area contributed by atoms with E-state index in [0.29, 0.717) is 25.6 Å². The van der Waals surface area contributed by atoms with Gasteiger partial charge in [-0.3, -0.25) is 0 Å². The predicted octanol–water partition coefficient (Wildman–Crippen LogP) is 2.43. The summed E-state index contributed by atoms with van der Waals surface area (Å²) in [5.41, 5.74) is 5.36. The molecular formula is C24H29N7O3S. The van der Waals surface area contributed by atoms with Crippen LogP contribution in [0.3, 0.4) is 0 Å². The van der Waals surface area contributed by atoms with Gasteiger partial charge in [0.2, 0.25) is 11.8 Å². The quantitative estimate of drug-likeness (QED) is 0.489. The van der Waals surface area contributed by atoms with Gasteiger partial charge in [0.1, 0.15) is 6.61 Å². The third-order valence-corrected chi connectivity index (χ3v) is 8.84. The minimum absolute atomic E-state index is 0.121. The van der Waals surface area contributed by atoms with Crippen molar-refractivity contribution in [1.29, 1.82) is 0 Å². The highest BCUT2D eigenvalue weighted by Gasteiger charge is 2.35. The van der Waals surface area contributed by atoms with Crippen LogP contribution in [-0.2, 0) is 22.9 Å². The molecule has 2 aliphatic heterocycles. The minimum Gasteiger partial charge on any atom is -0.476 e. The van der Waals surface area contributed by atoms with Crippen molar-refractivity contribution in [3.63, 3.8) is 0 Å². The number of hydrogen-bond donors (Lipinski definition) is 2. The zero-order chi connectivity index (χ0) is 24.0. The number of sulfonamides is 1. The number of anilines is 2. The fourth-order valence-corrected chi connectivity index (χ4v) is 6.72. The van der Waals surface area contributed by atoms with E-state index in [2.05, 4.69) is 42.5 Å². The lowest BCUT2D eigenvalue weighted by atomic mass is 9.98. The summed E-state index contributed by atoms with van der Waals surface area (Å²) < 4.78 is 34.0. The lowest BCUT2D eigenvalue weighted by molar-refractivity contribution is 0.213. The number of aryl methyl sites for hydroxylation is 1. The molecule has 3 aliphatic rings. The maximum Gasteiger partial charge on any atom is 0.278 e. The first-order chi connectivity index (χ1) is 17.0. The molecular weight excluding hydrogens is 466 g/mol. The number of aromatic amines is 1. The summed E-state index contributed by atoms with van der Waals surface area (Å²) >= 11 is 0. The van der Waals surface area contributed by atoms with Gasteiger partial charge in [-0.2, -0.15) is 9.29 Å². The van der Waals surface area contributed by atoms with Crippen molar-refractivity contribution in [3.8, 4) is 17.0 Å². The topological polar surface area (TPSA) is 116 Å². The highest BCUT2D eigenvalue weighted by molar-refractivity contribution is 7.89. The van der Waals surface area contributed by atoms with E-state index in [9.17, 15) is 8.42 Å². The van der Waals surface area contributed by atoms with E-state index in [-0.39, 0.29) is 17.0 Å². The molecule has 184 valence electrons. The van der Waals surface area contributed by atoms with Crippen LogP contribution >= 0.6 is 0 Å². The molecule has 0 spiro atoms. The average Bonchev–Trinajstić information content (AvgIpc) is 3.60. The molecule has 6 bridgehead atoms. The summed E-state index contributed by atoms with van der Waals surface area (Å²) in [5.74, 6) is 1.08. The molecule has 10 nitrogen and oxygen atoms in total. The lowest BCUT2D eigenvalue weighted by Gasteiger charge is -2.21. The minimum atomic E-state index is -3.74. The number of rotatable bonds is 0. The first-order valence-electron chi connectivity index (χ1n) is 12.1. The fourth-order valence-electron chi connectivity index (χ4n) is 5.36. The fraction of sp³-hybridized carbons (Fsp3) is 0.458. The van der Waals surface area contributed by atoms with Gasteiger partial charge in [0.05, 0.1) is 5.69 Å². The summed E-state index contributed by atoms with van der Waals surface area (Å²) in [4.78, 5) is 11.0. The number of ether oxygens (including phenoxy) is 1. The second-order valence-electron chi connectivity index (χ2n) is 9.58. The van der Waals surface area contributed by atoms with Gasteiger partial charge in [-0.15, -0.1) is 5.10 Å². The van der Waals surface area contributed by atoms with Crippen LogP contribution in [0.15, 0.2) is 35.6 Å². The molecule has 1 fully saturated rings. The van der Waals surface area contributed by atoms with Crippen molar-refractivity contribution in [1.82, 2.24) is 29.4 Å². The zero-order valence-electron chi connectivity index (χ0n) is 19.7. The van der Waals surface area contributed by atoms with Crippen molar-refractivity contribution < 1.29 is 13.2 Å². The number of nitrogens with one attached hydrogen (secondary N) is 2. The van der Waals surface area contributed by atoms with Gasteiger partial charge >= 0.3 is 0 Å². The Labute approximate surface area is 204 Å². The molecule has 0 amide bonds. The van der Waals surface area contributed by atoms with Crippen LogP contribution in [0, 0.1) is 5.92 Å². The Balaban J connectivity index is 1.43. The summed E-state index contributed by atoms with van der Waals surface area (Å²) in [6, 6.07) is 8.17. The Morgan fingerprint density at radius 2 is 2.06 bits per heavy atom. The SMILES string of the molecule is CN1CCOc2cc(ccn2)-c2ccc3c(c2Nc2n[nH]c(n2)S(=O)(=O)N2CC[C@H](C1)C2)CCC3. The normalized spacial score (nSPS) is 23.9. The Kier molecular flexibility index (Phi) is 5.70. The largest absolute Gasteiger partial charge is 0.476 e. The lowest BCUT2D eigenvalue weighted by Crippen LogP contribution is -2.33. The van der Waals surface area contributed by atoms with E-state index >= 15 is 0 Å². The Hall–Kier alpha value is -3.02. The van der Waals surface area contributed by atoms with Gasteiger partial charge < -0.3 is 15.0 Å². The first-order valence-corrected chi connectivity index (χ1v) is 13.5. The molecule has 6 rings (SSSR count). The molecule has 4 heterocycles. The summed E-state index contributed by atoms with van der Waals surface area (Å²) in [5, 5.41) is 10.1. The van der Waals surface area contributed by atoms with Gasteiger partial charge in [-0.05, 0) is 61.4 Å². The van der Waals surface area contributed by atoms with E-state index < -0.39 is 10.0 Å². The third kappa shape index (κ3) is 4.28. The third-order valence-electron chi connectivity index (χ3n) is 7.16. The van der Waals surface area contributed by atoms with Crippen LogP contribution in [0.5, 0.6) is 5.88 Å². The Bertz CT molecular complexity index is 1360. The number of aromatic nitrogens is 4. The number of hydrogen-bond acceptors (Lipinski definition) is 8. The maximum atomic E-state index is 13.3. The Morgan fingerprint density at radius 1 is 1.14 bits per heavy atom. The summed E-state index contributed by atoms with van der Waals surface area (Å²) in [7, 11) is -1.71. The standard InChI is InChI=1S/C24H29N7O3S/c1-30-11-12-34-21-13-18(7-9-25-21)20-6-5-17-3-2-4-19(17)22(20)26-23-27-24(29-28-23)35(32,33)31-10-8-16(14-30)15-31/h5-7,9,13,16H,2-4,8,10-12,14-15H2,1H3,(H2,26,27,28,29)/t16-/m1/s1.